The standard InChI is InChI=1S/C12H20N2O4/c1-4-6-9(12(17)18-5-2)14-7-10(15)13-11(16)8(14)3/h8-9H,4-7H2,1-3H3,(H,13,15,16). The highest BCUT2D eigenvalue weighted by molar-refractivity contribution is 6.01. The highest BCUT2D eigenvalue weighted by Crippen LogP contribution is 2.15. The van der Waals surface area contributed by atoms with E-state index in [0.29, 0.717) is 13.0 Å². The minimum Gasteiger partial charge on any atom is -0.465 e. The van der Waals surface area contributed by atoms with E-state index in [-0.39, 0.29) is 24.3 Å². The smallest absolute Gasteiger partial charge is 0.323 e. The molecule has 0 radical (unpaired) electrons. The number of rotatable bonds is 5. The van der Waals surface area contributed by atoms with Crippen LogP contribution >= 0.6 is 0 Å². The average molecular weight is 256 g/mol. The van der Waals surface area contributed by atoms with Crippen molar-refractivity contribution < 1.29 is 19.1 Å². The van der Waals surface area contributed by atoms with Crippen LogP contribution < -0.4 is 5.32 Å². The third-order valence-electron chi connectivity index (χ3n) is 2.99. The second-order valence-corrected chi connectivity index (χ2v) is 4.32. The van der Waals surface area contributed by atoms with Crippen molar-refractivity contribution in [3.63, 3.8) is 0 Å². The van der Waals surface area contributed by atoms with Gasteiger partial charge < -0.3 is 4.74 Å². The lowest BCUT2D eigenvalue weighted by Crippen LogP contribution is -2.61. The predicted octanol–water partition coefficient (Wildman–Crippen LogP) is 0.0651. The number of esters is 1. The van der Waals surface area contributed by atoms with Gasteiger partial charge in [-0.05, 0) is 20.3 Å². The summed E-state index contributed by atoms with van der Waals surface area (Å²) in [5, 5.41) is 2.26. The Balaban J connectivity index is 2.85. The molecule has 1 aliphatic heterocycles. The molecule has 0 aromatic heterocycles. The average Bonchev–Trinajstić information content (AvgIpc) is 2.31. The third-order valence-corrected chi connectivity index (χ3v) is 2.99. The molecule has 1 rings (SSSR count). The topological polar surface area (TPSA) is 75.7 Å². The molecule has 6 nitrogen and oxygen atoms in total. The first kappa shape index (κ1) is 14.6. The number of carbonyl (C=O) groups is 3. The number of nitrogens with one attached hydrogen (secondary N) is 1. The van der Waals surface area contributed by atoms with Crippen LogP contribution in [-0.4, -0.2) is 47.9 Å². The Hall–Kier alpha value is -1.43. The summed E-state index contributed by atoms with van der Waals surface area (Å²) in [4.78, 5) is 36.5. The lowest BCUT2D eigenvalue weighted by Gasteiger charge is -2.36. The van der Waals surface area contributed by atoms with Gasteiger partial charge in [-0.2, -0.15) is 0 Å². The van der Waals surface area contributed by atoms with Crippen LogP contribution in [0.15, 0.2) is 0 Å². The minimum atomic E-state index is -0.528. The zero-order valence-corrected chi connectivity index (χ0v) is 11.1. The number of hydrogen-bond donors (Lipinski definition) is 1. The largest absolute Gasteiger partial charge is 0.465 e. The number of nitrogens with zero attached hydrogens (tertiary/aromatic N) is 1. The molecular formula is C12H20N2O4. The van der Waals surface area contributed by atoms with Gasteiger partial charge in [0.25, 0.3) is 0 Å². The third kappa shape index (κ3) is 3.29. The molecule has 0 spiro atoms. The number of carbonyl (C=O) groups excluding carboxylic acids is 3. The van der Waals surface area contributed by atoms with Crippen LogP contribution in [0.25, 0.3) is 0 Å². The SMILES string of the molecule is CCCC(C(=O)OCC)N1CC(=O)NC(=O)C1C. The van der Waals surface area contributed by atoms with Gasteiger partial charge in [0.05, 0.1) is 19.2 Å². The quantitative estimate of drug-likeness (QED) is 0.556. The van der Waals surface area contributed by atoms with Gasteiger partial charge in [-0.3, -0.25) is 24.6 Å². The van der Waals surface area contributed by atoms with E-state index < -0.39 is 12.1 Å². The van der Waals surface area contributed by atoms with Crippen LogP contribution in [0.2, 0.25) is 0 Å². The van der Waals surface area contributed by atoms with Gasteiger partial charge in [0, 0.05) is 0 Å². The second-order valence-electron chi connectivity index (χ2n) is 4.32. The molecule has 0 aliphatic carbocycles. The van der Waals surface area contributed by atoms with Crippen LogP contribution in [0.4, 0.5) is 0 Å². The van der Waals surface area contributed by atoms with Crippen molar-refractivity contribution in [1.82, 2.24) is 10.2 Å². The summed E-state index contributed by atoms with van der Waals surface area (Å²) in [6, 6.07) is -1.02. The van der Waals surface area contributed by atoms with Crippen LogP contribution in [0.3, 0.4) is 0 Å². The zero-order valence-electron chi connectivity index (χ0n) is 11.1. The van der Waals surface area contributed by atoms with Crippen molar-refractivity contribution >= 4 is 17.8 Å². The van der Waals surface area contributed by atoms with E-state index in [9.17, 15) is 14.4 Å². The second kappa shape index (κ2) is 6.49. The fourth-order valence-electron chi connectivity index (χ4n) is 2.05. The number of hydrogen-bond acceptors (Lipinski definition) is 5. The molecule has 6 heteroatoms. The maximum absolute atomic E-state index is 11.9. The Morgan fingerprint density at radius 3 is 2.72 bits per heavy atom. The molecule has 1 fully saturated rings. The van der Waals surface area contributed by atoms with Crippen molar-refractivity contribution in [2.75, 3.05) is 13.2 Å². The van der Waals surface area contributed by atoms with E-state index in [2.05, 4.69) is 5.32 Å². The molecule has 2 unspecified atom stereocenters. The summed E-state index contributed by atoms with van der Waals surface area (Å²) in [6.07, 6.45) is 1.35. The molecule has 1 heterocycles. The highest BCUT2D eigenvalue weighted by Gasteiger charge is 2.38. The van der Waals surface area contributed by atoms with E-state index >= 15 is 0 Å². The van der Waals surface area contributed by atoms with Crippen LogP contribution in [0.5, 0.6) is 0 Å². The van der Waals surface area contributed by atoms with Crippen molar-refractivity contribution in [2.45, 2.75) is 45.7 Å². The van der Waals surface area contributed by atoms with Gasteiger partial charge in [0.15, 0.2) is 0 Å². The van der Waals surface area contributed by atoms with E-state index in [1.165, 1.54) is 0 Å². The molecule has 0 saturated carbocycles. The van der Waals surface area contributed by atoms with Crippen molar-refractivity contribution in [3.8, 4) is 0 Å². The molecule has 2 atom stereocenters. The van der Waals surface area contributed by atoms with E-state index in [1.807, 2.05) is 6.92 Å². The molecule has 18 heavy (non-hydrogen) atoms. The van der Waals surface area contributed by atoms with Gasteiger partial charge in [0.2, 0.25) is 11.8 Å². The Morgan fingerprint density at radius 2 is 2.17 bits per heavy atom. The zero-order chi connectivity index (χ0) is 13.7. The van der Waals surface area contributed by atoms with Crippen molar-refractivity contribution in [1.29, 1.82) is 0 Å². The molecule has 0 bridgehead atoms. The lowest BCUT2D eigenvalue weighted by molar-refractivity contribution is -0.154. The molecule has 1 N–H and O–H groups in total. The van der Waals surface area contributed by atoms with Crippen LogP contribution in [-0.2, 0) is 19.1 Å². The summed E-state index contributed by atoms with van der Waals surface area (Å²) in [6.45, 7) is 5.71. The summed E-state index contributed by atoms with van der Waals surface area (Å²) >= 11 is 0. The van der Waals surface area contributed by atoms with Gasteiger partial charge in [-0.25, -0.2) is 0 Å². The van der Waals surface area contributed by atoms with E-state index in [1.54, 1.807) is 18.7 Å². The summed E-state index contributed by atoms with van der Waals surface area (Å²) in [5.74, 6) is -1.10. The summed E-state index contributed by atoms with van der Waals surface area (Å²) < 4.78 is 5.01. The Labute approximate surface area is 107 Å². The molecule has 102 valence electrons. The number of piperazine rings is 1. The number of imide groups is 1. The maximum atomic E-state index is 11.9. The van der Waals surface area contributed by atoms with Gasteiger partial charge >= 0.3 is 5.97 Å². The Kier molecular flexibility index (Phi) is 5.27. The molecule has 2 amide bonds. The first-order valence-corrected chi connectivity index (χ1v) is 6.27. The van der Waals surface area contributed by atoms with E-state index in [4.69, 9.17) is 4.74 Å². The summed E-state index contributed by atoms with van der Waals surface area (Å²) in [7, 11) is 0. The van der Waals surface area contributed by atoms with Crippen LogP contribution in [0.1, 0.15) is 33.6 Å². The van der Waals surface area contributed by atoms with Crippen molar-refractivity contribution in [2.24, 2.45) is 0 Å². The minimum absolute atomic E-state index is 0.0520. The number of amides is 2. The first-order chi connectivity index (χ1) is 8.51. The monoisotopic (exact) mass is 256 g/mol. The molecule has 1 aliphatic rings. The Bertz CT molecular complexity index is 343. The van der Waals surface area contributed by atoms with Gasteiger partial charge in [-0.15, -0.1) is 0 Å². The Morgan fingerprint density at radius 1 is 1.50 bits per heavy atom. The van der Waals surface area contributed by atoms with Gasteiger partial charge in [0.1, 0.15) is 6.04 Å². The van der Waals surface area contributed by atoms with E-state index in [0.717, 1.165) is 6.42 Å². The van der Waals surface area contributed by atoms with Crippen molar-refractivity contribution in [3.05, 3.63) is 0 Å². The van der Waals surface area contributed by atoms with Gasteiger partial charge in [-0.1, -0.05) is 13.3 Å². The molecular weight excluding hydrogens is 236 g/mol. The molecule has 1 saturated heterocycles. The summed E-state index contributed by atoms with van der Waals surface area (Å²) in [5.41, 5.74) is 0. The fourth-order valence-corrected chi connectivity index (χ4v) is 2.05. The normalized spacial score (nSPS) is 22.5. The van der Waals surface area contributed by atoms with Crippen LogP contribution in [0, 0.1) is 0 Å². The number of ether oxygens (including phenoxy) is 1. The first-order valence-electron chi connectivity index (χ1n) is 6.27. The highest BCUT2D eigenvalue weighted by atomic mass is 16.5. The molecule has 0 aromatic carbocycles. The maximum Gasteiger partial charge on any atom is 0.323 e. The lowest BCUT2D eigenvalue weighted by atomic mass is 10.1. The predicted molar refractivity (Wildman–Crippen MR) is 64.6 cm³/mol. The fraction of sp³-hybridized carbons (Fsp3) is 0.750. The molecule has 0 aromatic rings.